The van der Waals surface area contributed by atoms with Crippen molar-refractivity contribution in [3.63, 3.8) is 0 Å². The highest BCUT2D eigenvalue weighted by atomic mass is 79.9. The van der Waals surface area contributed by atoms with Crippen LogP contribution in [0.1, 0.15) is 36.3 Å². The maximum absolute atomic E-state index is 12.2. The van der Waals surface area contributed by atoms with Gasteiger partial charge in [-0.05, 0) is 37.1 Å². The van der Waals surface area contributed by atoms with Crippen LogP contribution in [0.2, 0.25) is 0 Å². The van der Waals surface area contributed by atoms with Gasteiger partial charge in [0.2, 0.25) is 0 Å². The lowest BCUT2D eigenvalue weighted by Gasteiger charge is -2.34. The maximum atomic E-state index is 12.2. The summed E-state index contributed by atoms with van der Waals surface area (Å²) in [7, 11) is 0. The molecule has 0 unspecified atom stereocenters. The Hall–Kier alpha value is -2.64. The van der Waals surface area contributed by atoms with Crippen LogP contribution in [0.4, 0.5) is 0 Å². The molecule has 0 aliphatic carbocycles. The van der Waals surface area contributed by atoms with Crippen LogP contribution >= 0.6 is 15.9 Å². The Balaban J connectivity index is 1.38. The number of aliphatic carboxylic acids is 1. The molecular formula is C22H20BrN3O3. The largest absolute Gasteiger partial charge is 0.480 e. The average molecular weight is 454 g/mol. The van der Waals surface area contributed by atoms with Crippen LogP contribution in [-0.2, 0) is 4.79 Å². The van der Waals surface area contributed by atoms with Gasteiger partial charge in [-0.1, -0.05) is 34.1 Å². The molecular weight excluding hydrogens is 434 g/mol. The fraction of sp³-hybridized carbons (Fsp3) is 0.273. The van der Waals surface area contributed by atoms with E-state index in [1.807, 2.05) is 53.6 Å². The summed E-state index contributed by atoms with van der Waals surface area (Å²) >= 11 is 3.46. The number of hydrogen-bond donors (Lipinski definition) is 2. The van der Waals surface area contributed by atoms with E-state index in [0.29, 0.717) is 13.1 Å². The van der Waals surface area contributed by atoms with Crippen LogP contribution in [0.3, 0.4) is 0 Å². The Labute approximate surface area is 175 Å². The van der Waals surface area contributed by atoms with Gasteiger partial charge in [-0.3, -0.25) is 9.69 Å². The predicted octanol–water partition coefficient (Wildman–Crippen LogP) is 5.08. The number of nitrogens with one attached hydrogen (secondary N) is 1. The first-order valence-electron chi connectivity index (χ1n) is 9.69. The van der Waals surface area contributed by atoms with Crippen molar-refractivity contribution in [3.05, 3.63) is 64.6 Å². The zero-order valence-electron chi connectivity index (χ0n) is 15.6. The predicted molar refractivity (Wildman–Crippen MR) is 114 cm³/mol. The number of aromatic amines is 1. The van der Waals surface area contributed by atoms with E-state index in [2.05, 4.69) is 25.9 Å². The number of para-hydroxylation sites is 2. The molecule has 7 heteroatoms. The molecule has 0 spiro atoms. The highest BCUT2D eigenvalue weighted by molar-refractivity contribution is 9.10. The number of carbonyl (C=O) groups is 1. The first kappa shape index (κ1) is 18.4. The Morgan fingerprint density at radius 2 is 2.03 bits per heavy atom. The molecule has 3 heterocycles. The lowest BCUT2D eigenvalue weighted by atomic mass is 9.94. The number of carboxylic acid groups (broad SMARTS) is 1. The molecule has 1 aliphatic rings. The number of nitrogens with zero attached hydrogens (tertiary/aromatic N) is 2. The molecule has 0 radical (unpaired) electrons. The molecule has 2 aromatic carbocycles. The van der Waals surface area contributed by atoms with E-state index in [0.717, 1.165) is 50.8 Å². The second-order valence-corrected chi connectivity index (χ2v) is 8.42. The Morgan fingerprint density at radius 1 is 1.24 bits per heavy atom. The van der Waals surface area contributed by atoms with Crippen LogP contribution in [0.5, 0.6) is 0 Å². The molecule has 2 N–H and O–H groups in total. The van der Waals surface area contributed by atoms with Crippen molar-refractivity contribution in [3.8, 4) is 0 Å². The zero-order chi connectivity index (χ0) is 20.0. The molecule has 1 saturated heterocycles. The molecule has 0 saturated carbocycles. The molecule has 4 aromatic rings. The monoisotopic (exact) mass is 453 g/mol. The van der Waals surface area contributed by atoms with E-state index in [1.54, 1.807) is 0 Å². The normalized spacial score (nSPS) is 17.1. The van der Waals surface area contributed by atoms with Gasteiger partial charge in [-0.25, -0.2) is 4.98 Å². The number of rotatable bonds is 4. The molecule has 5 rings (SSSR count). The SMILES string of the molecule is O=C(O)[C@H](c1c[nH]c2cc(Br)ccc12)N1CCC(c2nc3ccccc3o2)CC1. The summed E-state index contributed by atoms with van der Waals surface area (Å²) in [6, 6.07) is 13.0. The second kappa shape index (κ2) is 7.31. The minimum atomic E-state index is -0.825. The van der Waals surface area contributed by atoms with Gasteiger partial charge in [0.15, 0.2) is 11.5 Å². The average Bonchev–Trinajstić information content (AvgIpc) is 3.32. The standard InChI is InChI=1S/C22H20BrN3O3/c23-14-5-6-15-16(12-24-18(15)11-14)20(22(27)28)26-9-7-13(8-10-26)21-25-17-3-1-2-4-19(17)29-21/h1-6,11-13,20,24H,7-10H2,(H,27,28)/t20-/m0/s1. The maximum Gasteiger partial charge on any atom is 0.325 e. The molecule has 1 aliphatic heterocycles. The van der Waals surface area contributed by atoms with Crippen molar-refractivity contribution in [1.29, 1.82) is 0 Å². The van der Waals surface area contributed by atoms with E-state index in [1.165, 1.54) is 0 Å². The van der Waals surface area contributed by atoms with Crippen LogP contribution in [-0.4, -0.2) is 39.0 Å². The van der Waals surface area contributed by atoms with Crippen LogP contribution in [0, 0.1) is 0 Å². The summed E-state index contributed by atoms with van der Waals surface area (Å²) in [5.41, 5.74) is 3.42. The van der Waals surface area contributed by atoms with Crippen molar-refractivity contribution in [2.75, 3.05) is 13.1 Å². The fourth-order valence-electron chi connectivity index (χ4n) is 4.30. The number of halogens is 1. The van der Waals surface area contributed by atoms with E-state index in [4.69, 9.17) is 4.42 Å². The van der Waals surface area contributed by atoms with Crippen molar-refractivity contribution >= 4 is 43.9 Å². The fourth-order valence-corrected chi connectivity index (χ4v) is 4.66. The second-order valence-electron chi connectivity index (χ2n) is 7.50. The van der Waals surface area contributed by atoms with Crippen molar-refractivity contribution < 1.29 is 14.3 Å². The Kier molecular flexibility index (Phi) is 4.64. The van der Waals surface area contributed by atoms with Gasteiger partial charge in [0.25, 0.3) is 0 Å². The number of piperidine rings is 1. The quantitative estimate of drug-likeness (QED) is 0.450. The number of carboxylic acids is 1. The topological polar surface area (TPSA) is 82.4 Å². The number of oxazole rings is 1. The van der Waals surface area contributed by atoms with E-state index in [9.17, 15) is 9.90 Å². The molecule has 0 amide bonds. The van der Waals surface area contributed by atoms with Gasteiger partial charge >= 0.3 is 5.97 Å². The van der Waals surface area contributed by atoms with E-state index < -0.39 is 12.0 Å². The first-order valence-corrected chi connectivity index (χ1v) is 10.5. The number of H-pyrrole nitrogens is 1. The molecule has 2 aromatic heterocycles. The van der Waals surface area contributed by atoms with Gasteiger partial charge in [0, 0.05) is 46.1 Å². The molecule has 148 valence electrons. The number of aromatic nitrogens is 2. The number of hydrogen-bond acceptors (Lipinski definition) is 4. The lowest BCUT2D eigenvalue weighted by molar-refractivity contribution is -0.144. The van der Waals surface area contributed by atoms with Crippen LogP contribution < -0.4 is 0 Å². The Bertz CT molecular complexity index is 1160. The van der Waals surface area contributed by atoms with Crippen molar-refractivity contribution in [2.24, 2.45) is 0 Å². The third-order valence-corrected chi connectivity index (χ3v) is 6.25. The molecule has 6 nitrogen and oxygen atoms in total. The molecule has 1 fully saturated rings. The summed E-state index contributed by atoms with van der Waals surface area (Å²) in [5, 5.41) is 10.9. The highest BCUT2D eigenvalue weighted by Gasteiger charge is 2.34. The minimum Gasteiger partial charge on any atom is -0.480 e. The number of fused-ring (bicyclic) bond motifs is 2. The third-order valence-electron chi connectivity index (χ3n) is 5.76. The van der Waals surface area contributed by atoms with E-state index in [-0.39, 0.29) is 5.92 Å². The summed E-state index contributed by atoms with van der Waals surface area (Å²) in [4.78, 5) is 22.1. The van der Waals surface area contributed by atoms with Crippen molar-refractivity contribution in [2.45, 2.75) is 24.8 Å². The molecule has 1 atom stereocenters. The van der Waals surface area contributed by atoms with Gasteiger partial charge in [-0.15, -0.1) is 0 Å². The summed E-state index contributed by atoms with van der Waals surface area (Å²) in [6.45, 7) is 1.37. The highest BCUT2D eigenvalue weighted by Crippen LogP contribution is 2.36. The number of likely N-dealkylation sites (tertiary alicyclic amines) is 1. The minimum absolute atomic E-state index is 0.215. The van der Waals surface area contributed by atoms with Crippen LogP contribution in [0.25, 0.3) is 22.0 Å². The van der Waals surface area contributed by atoms with Crippen LogP contribution in [0.15, 0.2) is 57.6 Å². The van der Waals surface area contributed by atoms with Gasteiger partial charge < -0.3 is 14.5 Å². The summed E-state index contributed by atoms with van der Waals surface area (Å²) < 4.78 is 6.90. The molecule has 29 heavy (non-hydrogen) atoms. The smallest absolute Gasteiger partial charge is 0.325 e. The Morgan fingerprint density at radius 3 is 2.79 bits per heavy atom. The summed E-state index contributed by atoms with van der Waals surface area (Å²) in [5.74, 6) is 0.149. The van der Waals surface area contributed by atoms with Gasteiger partial charge in [-0.2, -0.15) is 0 Å². The number of benzene rings is 2. The van der Waals surface area contributed by atoms with Gasteiger partial charge in [0.1, 0.15) is 11.6 Å². The lowest BCUT2D eigenvalue weighted by Crippen LogP contribution is -2.39. The van der Waals surface area contributed by atoms with E-state index >= 15 is 0 Å². The van der Waals surface area contributed by atoms with Gasteiger partial charge in [0.05, 0.1) is 0 Å². The molecule has 0 bridgehead atoms. The third kappa shape index (κ3) is 3.34. The summed E-state index contributed by atoms with van der Waals surface area (Å²) in [6.07, 6.45) is 3.47. The van der Waals surface area contributed by atoms with Crippen molar-refractivity contribution in [1.82, 2.24) is 14.9 Å². The first-order chi connectivity index (χ1) is 14.1. The zero-order valence-corrected chi connectivity index (χ0v) is 17.2.